The number of nitrogens with one attached hydrogen (secondary N) is 1. The Kier molecular flexibility index (Phi) is 6.34. The van der Waals surface area contributed by atoms with Gasteiger partial charge in [-0.25, -0.2) is 13.1 Å². The third-order valence-corrected chi connectivity index (χ3v) is 8.95. The molecule has 0 amide bonds. The lowest BCUT2D eigenvalue weighted by Crippen LogP contribution is -2.42. The monoisotopic (exact) mass is 392 g/mol. The predicted octanol–water partition coefficient (Wildman–Crippen LogP) is 4.16. The van der Waals surface area contributed by atoms with Crippen LogP contribution < -0.4 is 4.72 Å². The van der Waals surface area contributed by atoms with Gasteiger partial charge in [0.2, 0.25) is 10.0 Å². The number of hydrogen-bond donors (Lipinski definition) is 1. The SMILES string of the molecule is Cc1c(C)c(C)c(S(=O)(=O)NCC2CCN(C3CCCC3)CC2)c(C)c1C. The van der Waals surface area contributed by atoms with Crippen molar-refractivity contribution in [3.63, 3.8) is 0 Å². The minimum atomic E-state index is -3.48. The summed E-state index contributed by atoms with van der Waals surface area (Å²) in [6, 6.07) is 0.784. The molecule has 1 aliphatic heterocycles. The van der Waals surface area contributed by atoms with E-state index in [9.17, 15) is 8.42 Å². The number of benzene rings is 1. The van der Waals surface area contributed by atoms with Crippen LogP contribution in [0.3, 0.4) is 0 Å². The van der Waals surface area contributed by atoms with Gasteiger partial charge in [-0.15, -0.1) is 0 Å². The summed E-state index contributed by atoms with van der Waals surface area (Å²) in [6.45, 7) is 12.8. The van der Waals surface area contributed by atoms with Crippen LogP contribution in [-0.4, -0.2) is 39.0 Å². The van der Waals surface area contributed by atoms with E-state index in [-0.39, 0.29) is 0 Å². The molecular formula is C22H36N2O2S. The van der Waals surface area contributed by atoms with Crippen molar-refractivity contribution in [2.24, 2.45) is 5.92 Å². The predicted molar refractivity (Wildman–Crippen MR) is 112 cm³/mol. The van der Waals surface area contributed by atoms with E-state index >= 15 is 0 Å². The van der Waals surface area contributed by atoms with Crippen LogP contribution in [0.1, 0.15) is 66.3 Å². The molecule has 0 atom stereocenters. The topological polar surface area (TPSA) is 49.4 Å². The summed E-state index contributed by atoms with van der Waals surface area (Å²) in [6.07, 6.45) is 7.65. The quantitative estimate of drug-likeness (QED) is 0.818. The van der Waals surface area contributed by atoms with E-state index in [1.165, 1.54) is 31.2 Å². The van der Waals surface area contributed by atoms with Crippen LogP contribution >= 0.6 is 0 Å². The first kappa shape index (κ1) is 20.8. The second-order valence-corrected chi connectivity index (χ2v) is 10.4. The number of nitrogens with zero attached hydrogens (tertiary/aromatic N) is 1. The molecule has 1 heterocycles. The third kappa shape index (κ3) is 4.25. The molecule has 27 heavy (non-hydrogen) atoms. The standard InChI is InChI=1S/C22H36N2O2S/c1-15-16(2)18(4)22(19(5)17(15)3)27(25,26)23-14-20-10-12-24(13-11-20)21-8-6-7-9-21/h20-21,23H,6-14H2,1-5H3. The largest absolute Gasteiger partial charge is 0.300 e. The Balaban J connectivity index is 1.65. The average molecular weight is 393 g/mol. The summed E-state index contributed by atoms with van der Waals surface area (Å²) in [7, 11) is -3.48. The van der Waals surface area contributed by atoms with Crippen molar-refractivity contribution in [1.29, 1.82) is 0 Å². The molecule has 0 bridgehead atoms. The number of rotatable bonds is 5. The summed E-state index contributed by atoms with van der Waals surface area (Å²) >= 11 is 0. The lowest BCUT2D eigenvalue weighted by atomic mass is 9.95. The zero-order chi connectivity index (χ0) is 19.8. The number of likely N-dealkylation sites (tertiary alicyclic amines) is 1. The Morgan fingerprint density at radius 1 is 0.815 bits per heavy atom. The maximum atomic E-state index is 13.1. The summed E-state index contributed by atoms with van der Waals surface area (Å²) < 4.78 is 29.1. The molecule has 0 aromatic heterocycles. The highest BCUT2D eigenvalue weighted by Crippen LogP contribution is 2.30. The highest BCUT2D eigenvalue weighted by atomic mass is 32.2. The van der Waals surface area contributed by atoms with Crippen LogP contribution in [0.15, 0.2) is 4.90 Å². The Bertz CT molecular complexity index is 758. The van der Waals surface area contributed by atoms with Crippen LogP contribution in [0, 0.1) is 40.5 Å². The van der Waals surface area contributed by atoms with Gasteiger partial charge in [-0.05, 0) is 107 Å². The number of piperidine rings is 1. The van der Waals surface area contributed by atoms with E-state index < -0.39 is 10.0 Å². The highest BCUT2D eigenvalue weighted by Gasteiger charge is 2.29. The zero-order valence-corrected chi connectivity index (χ0v) is 18.5. The van der Waals surface area contributed by atoms with Crippen LogP contribution in [0.2, 0.25) is 0 Å². The first-order valence-electron chi connectivity index (χ1n) is 10.5. The van der Waals surface area contributed by atoms with Gasteiger partial charge in [0.25, 0.3) is 0 Å². The van der Waals surface area contributed by atoms with Gasteiger partial charge in [0.1, 0.15) is 0 Å². The van der Waals surface area contributed by atoms with Crippen LogP contribution in [0.25, 0.3) is 0 Å². The van der Waals surface area contributed by atoms with Crippen molar-refractivity contribution in [3.8, 4) is 0 Å². The molecule has 0 radical (unpaired) electrons. The fourth-order valence-corrected chi connectivity index (χ4v) is 6.67. The van der Waals surface area contributed by atoms with E-state index in [0.29, 0.717) is 17.4 Å². The van der Waals surface area contributed by atoms with E-state index in [1.807, 2.05) is 27.7 Å². The summed E-state index contributed by atoms with van der Waals surface area (Å²) in [4.78, 5) is 3.13. The average Bonchev–Trinajstić information content (AvgIpc) is 3.18. The molecule has 0 spiro atoms. The molecule has 1 aromatic rings. The van der Waals surface area contributed by atoms with Crippen LogP contribution in [0.4, 0.5) is 0 Å². The molecule has 1 N–H and O–H groups in total. The highest BCUT2D eigenvalue weighted by molar-refractivity contribution is 7.89. The summed E-state index contributed by atoms with van der Waals surface area (Å²) in [5.41, 5.74) is 5.15. The van der Waals surface area contributed by atoms with Gasteiger partial charge >= 0.3 is 0 Å². The molecule has 0 unspecified atom stereocenters. The first-order chi connectivity index (χ1) is 12.7. The molecule has 2 fully saturated rings. The molecule has 1 saturated heterocycles. The van der Waals surface area contributed by atoms with Crippen LogP contribution in [0.5, 0.6) is 0 Å². The van der Waals surface area contributed by atoms with Gasteiger partial charge in [-0.1, -0.05) is 12.8 Å². The van der Waals surface area contributed by atoms with Gasteiger partial charge in [0, 0.05) is 12.6 Å². The Labute approximate surface area is 165 Å². The van der Waals surface area contributed by atoms with Crippen molar-refractivity contribution in [2.45, 2.75) is 84.1 Å². The first-order valence-corrected chi connectivity index (χ1v) is 12.0. The second kappa shape index (κ2) is 8.22. The molecule has 2 aliphatic rings. The Hall–Kier alpha value is -0.910. The fourth-order valence-electron chi connectivity index (χ4n) is 4.96. The van der Waals surface area contributed by atoms with Crippen molar-refractivity contribution >= 4 is 10.0 Å². The second-order valence-electron chi connectivity index (χ2n) is 8.72. The van der Waals surface area contributed by atoms with E-state index in [2.05, 4.69) is 16.5 Å². The van der Waals surface area contributed by atoms with E-state index in [0.717, 1.165) is 54.2 Å². The minimum absolute atomic E-state index is 0.450. The number of sulfonamides is 1. The fraction of sp³-hybridized carbons (Fsp3) is 0.727. The third-order valence-electron chi connectivity index (χ3n) is 7.25. The lowest BCUT2D eigenvalue weighted by Gasteiger charge is -2.36. The van der Waals surface area contributed by atoms with Gasteiger partial charge in [0.15, 0.2) is 0 Å². The molecule has 1 aliphatic carbocycles. The van der Waals surface area contributed by atoms with Gasteiger partial charge < -0.3 is 4.90 Å². The van der Waals surface area contributed by atoms with Crippen molar-refractivity contribution in [2.75, 3.05) is 19.6 Å². The van der Waals surface area contributed by atoms with Crippen molar-refractivity contribution in [1.82, 2.24) is 9.62 Å². The minimum Gasteiger partial charge on any atom is -0.300 e. The van der Waals surface area contributed by atoms with E-state index in [4.69, 9.17) is 0 Å². The van der Waals surface area contributed by atoms with Crippen molar-refractivity contribution in [3.05, 3.63) is 27.8 Å². The molecule has 5 heteroatoms. The lowest BCUT2D eigenvalue weighted by molar-refractivity contribution is 0.135. The Morgan fingerprint density at radius 2 is 1.30 bits per heavy atom. The van der Waals surface area contributed by atoms with Crippen molar-refractivity contribution < 1.29 is 8.42 Å². The maximum absolute atomic E-state index is 13.1. The normalized spacial score (nSPS) is 20.5. The molecule has 3 rings (SSSR count). The van der Waals surface area contributed by atoms with Gasteiger partial charge in [0.05, 0.1) is 4.90 Å². The molecular weight excluding hydrogens is 356 g/mol. The molecule has 1 saturated carbocycles. The van der Waals surface area contributed by atoms with Gasteiger partial charge in [-0.3, -0.25) is 0 Å². The van der Waals surface area contributed by atoms with Crippen LogP contribution in [-0.2, 0) is 10.0 Å². The molecule has 4 nitrogen and oxygen atoms in total. The van der Waals surface area contributed by atoms with E-state index in [1.54, 1.807) is 0 Å². The summed E-state index contributed by atoms with van der Waals surface area (Å²) in [5.74, 6) is 0.450. The maximum Gasteiger partial charge on any atom is 0.241 e. The summed E-state index contributed by atoms with van der Waals surface area (Å²) in [5, 5.41) is 0. The zero-order valence-electron chi connectivity index (χ0n) is 17.7. The molecule has 152 valence electrons. The Morgan fingerprint density at radius 3 is 1.81 bits per heavy atom. The smallest absolute Gasteiger partial charge is 0.241 e. The molecule has 1 aromatic carbocycles. The number of hydrogen-bond acceptors (Lipinski definition) is 3. The van der Waals surface area contributed by atoms with Gasteiger partial charge in [-0.2, -0.15) is 0 Å².